The highest BCUT2D eigenvalue weighted by Crippen LogP contribution is 2.53. The highest BCUT2D eigenvalue weighted by Gasteiger charge is 2.61. The van der Waals surface area contributed by atoms with Gasteiger partial charge in [0.05, 0.1) is 17.0 Å². The number of rotatable bonds is 3. The van der Waals surface area contributed by atoms with Crippen molar-refractivity contribution in [3.63, 3.8) is 0 Å². The summed E-state index contributed by atoms with van der Waals surface area (Å²) in [6, 6.07) is 3.94. The van der Waals surface area contributed by atoms with E-state index in [2.05, 4.69) is 4.85 Å². The Bertz CT molecular complexity index is 1080. The normalized spacial score (nSPS) is 19.6. The molecule has 0 amide bonds. The molecule has 1 N–H and O–H groups in total. The number of aliphatic hydroxyl groups excluding tert-OH is 1. The van der Waals surface area contributed by atoms with Crippen molar-refractivity contribution in [2.75, 3.05) is 0 Å². The molecule has 11 heteroatoms. The number of nitrogens with zero attached hydrogens (tertiary/aromatic N) is 1. The van der Waals surface area contributed by atoms with E-state index < -0.39 is 55.2 Å². The summed E-state index contributed by atoms with van der Waals surface area (Å²) in [4.78, 5) is 1.83. The van der Waals surface area contributed by atoms with Crippen LogP contribution in [0.1, 0.15) is 23.7 Å². The first-order chi connectivity index (χ1) is 12.5. The number of hydrogen-bond acceptors (Lipinski definition) is 4. The Hall–Kier alpha value is -2.71. The molecule has 0 bridgehead atoms. The second kappa shape index (κ2) is 6.17. The lowest BCUT2D eigenvalue weighted by atomic mass is 10.0. The highest BCUT2D eigenvalue weighted by atomic mass is 32.2. The molecule has 0 fully saturated rings. The maximum absolute atomic E-state index is 13.9. The van der Waals surface area contributed by atoms with Crippen molar-refractivity contribution in [3.05, 3.63) is 58.7 Å². The minimum Gasteiger partial charge on any atom is -0.458 e. The Morgan fingerprint density at radius 2 is 1.89 bits per heavy atom. The van der Waals surface area contributed by atoms with E-state index in [0.717, 1.165) is 18.2 Å². The van der Waals surface area contributed by atoms with Crippen LogP contribution in [0.3, 0.4) is 0 Å². The number of hydrogen-bond donors (Lipinski definition) is 1. The summed E-state index contributed by atoms with van der Waals surface area (Å²) in [5.74, 6) is -2.05. The smallest absolute Gasteiger partial charge is 0.379 e. The molecule has 1 aliphatic heterocycles. The van der Waals surface area contributed by atoms with Crippen LogP contribution in [0, 0.1) is 12.4 Å². The van der Waals surface area contributed by atoms with Gasteiger partial charge in [-0.25, -0.2) is 26.4 Å². The van der Waals surface area contributed by atoms with E-state index in [1.54, 1.807) is 0 Å². The first-order valence-corrected chi connectivity index (χ1v) is 8.60. The summed E-state index contributed by atoms with van der Waals surface area (Å²) in [6.07, 6.45) is -6.50. The van der Waals surface area contributed by atoms with Crippen molar-refractivity contribution < 1.29 is 40.2 Å². The first-order valence-electron chi connectivity index (χ1n) is 7.12. The van der Waals surface area contributed by atoms with Gasteiger partial charge in [-0.2, -0.15) is 8.78 Å². The lowest BCUT2D eigenvalue weighted by Gasteiger charge is -2.17. The van der Waals surface area contributed by atoms with Gasteiger partial charge in [0, 0.05) is 11.6 Å². The fourth-order valence-electron chi connectivity index (χ4n) is 2.69. The van der Waals surface area contributed by atoms with E-state index in [0.29, 0.717) is 12.1 Å². The van der Waals surface area contributed by atoms with Gasteiger partial charge in [-0.05, 0) is 24.3 Å². The van der Waals surface area contributed by atoms with Crippen molar-refractivity contribution in [2.24, 2.45) is 0 Å². The molecule has 0 spiro atoms. The van der Waals surface area contributed by atoms with Crippen molar-refractivity contribution in [1.82, 2.24) is 0 Å². The van der Waals surface area contributed by atoms with E-state index in [1.165, 1.54) is 0 Å². The van der Waals surface area contributed by atoms with Crippen LogP contribution in [-0.2, 0) is 9.84 Å². The SMILES string of the molecule is [C-]#[N+]c1cc(F)cc(Oc2ccc3c(c2C(F)F)[C@@H](O)C(F)(F)S3(=O)=O)c1. The topological polar surface area (TPSA) is 68.0 Å². The molecule has 2 aromatic carbocycles. The molecular weight excluding hydrogens is 397 g/mol. The number of alkyl halides is 4. The minimum absolute atomic E-state index is 0.209. The molecule has 1 heterocycles. The lowest BCUT2D eigenvalue weighted by Crippen LogP contribution is -2.28. The summed E-state index contributed by atoms with van der Waals surface area (Å²) in [5, 5.41) is 4.99. The van der Waals surface area contributed by atoms with Crippen LogP contribution in [0.15, 0.2) is 35.2 Å². The number of sulfone groups is 1. The summed E-state index contributed by atoms with van der Waals surface area (Å²) in [5.41, 5.74) is -2.64. The quantitative estimate of drug-likeness (QED) is 0.602. The van der Waals surface area contributed by atoms with E-state index in [-0.39, 0.29) is 11.4 Å². The van der Waals surface area contributed by atoms with Gasteiger partial charge in [0.25, 0.3) is 6.43 Å². The largest absolute Gasteiger partial charge is 0.458 e. The minimum atomic E-state index is -5.37. The number of ether oxygens (including phenoxy) is 1. The van der Waals surface area contributed by atoms with Crippen molar-refractivity contribution in [2.45, 2.75) is 22.7 Å². The molecule has 27 heavy (non-hydrogen) atoms. The Morgan fingerprint density at radius 1 is 1.22 bits per heavy atom. The molecule has 0 radical (unpaired) electrons. The summed E-state index contributed by atoms with van der Waals surface area (Å²) in [7, 11) is -5.37. The van der Waals surface area contributed by atoms with Crippen LogP contribution in [0.5, 0.6) is 11.5 Å². The van der Waals surface area contributed by atoms with Gasteiger partial charge in [-0.1, -0.05) is 0 Å². The first kappa shape index (κ1) is 19.1. The van der Waals surface area contributed by atoms with Gasteiger partial charge < -0.3 is 9.84 Å². The molecule has 0 unspecified atom stereocenters. The van der Waals surface area contributed by atoms with Crippen LogP contribution >= 0.6 is 0 Å². The Balaban J connectivity index is 2.20. The molecule has 142 valence electrons. The van der Waals surface area contributed by atoms with Gasteiger partial charge >= 0.3 is 5.25 Å². The zero-order valence-corrected chi connectivity index (χ0v) is 13.8. The number of benzene rings is 2. The fourth-order valence-corrected chi connectivity index (χ4v) is 4.15. The maximum atomic E-state index is 13.9. The standard InChI is InChI=1S/C16H8F5NO4S/c1-22-8-4-7(17)5-9(6-8)26-10-2-3-11-13(12(10)15(18)19)14(23)16(20,21)27(11,24)25/h2-6,14-15,23H/t14-/m1/s1. The summed E-state index contributed by atoms with van der Waals surface area (Å²) >= 11 is 0. The Morgan fingerprint density at radius 3 is 2.48 bits per heavy atom. The lowest BCUT2D eigenvalue weighted by molar-refractivity contribution is -0.0391. The molecule has 0 saturated carbocycles. The predicted octanol–water partition coefficient (Wildman–Crippen LogP) is 4.52. The average Bonchev–Trinajstić information content (AvgIpc) is 2.71. The third-order valence-corrected chi connectivity index (χ3v) is 5.75. The second-order valence-corrected chi connectivity index (χ2v) is 7.51. The van der Waals surface area contributed by atoms with Gasteiger partial charge in [0.15, 0.2) is 11.8 Å². The number of aliphatic hydroxyl groups is 1. The molecule has 5 nitrogen and oxygen atoms in total. The van der Waals surface area contributed by atoms with Gasteiger partial charge in [0.1, 0.15) is 17.3 Å². The van der Waals surface area contributed by atoms with Crippen molar-refractivity contribution >= 4 is 15.5 Å². The molecule has 1 aliphatic rings. The predicted molar refractivity (Wildman–Crippen MR) is 81.2 cm³/mol. The van der Waals surface area contributed by atoms with Crippen molar-refractivity contribution in [3.8, 4) is 11.5 Å². The van der Waals surface area contributed by atoms with E-state index in [9.17, 15) is 35.5 Å². The number of fused-ring (bicyclic) bond motifs is 1. The van der Waals surface area contributed by atoms with E-state index >= 15 is 0 Å². The third kappa shape index (κ3) is 2.81. The zero-order valence-electron chi connectivity index (χ0n) is 13.0. The highest BCUT2D eigenvalue weighted by molar-refractivity contribution is 7.92. The Labute approximate surface area is 149 Å². The number of halogens is 5. The fraction of sp³-hybridized carbons (Fsp3) is 0.188. The van der Waals surface area contributed by atoms with Crippen LogP contribution < -0.4 is 4.74 Å². The molecule has 3 rings (SSSR count). The molecule has 1 atom stereocenters. The monoisotopic (exact) mass is 405 g/mol. The van der Waals surface area contributed by atoms with Gasteiger partial charge in [-0.15, -0.1) is 0 Å². The van der Waals surface area contributed by atoms with Gasteiger partial charge in [0.2, 0.25) is 9.84 Å². The summed E-state index contributed by atoms with van der Waals surface area (Å²) < 4.78 is 97.0. The Kier molecular flexibility index (Phi) is 4.36. The maximum Gasteiger partial charge on any atom is 0.379 e. The second-order valence-electron chi connectivity index (χ2n) is 5.52. The van der Waals surface area contributed by atoms with Crippen molar-refractivity contribution in [1.29, 1.82) is 0 Å². The third-order valence-electron chi connectivity index (χ3n) is 3.88. The van der Waals surface area contributed by atoms with Crippen LogP contribution in [-0.4, -0.2) is 18.8 Å². The van der Waals surface area contributed by atoms with Crippen LogP contribution in [0.4, 0.5) is 27.6 Å². The zero-order chi connectivity index (χ0) is 20.1. The summed E-state index contributed by atoms with van der Waals surface area (Å²) in [6.45, 7) is 6.84. The molecule has 2 aromatic rings. The van der Waals surface area contributed by atoms with Gasteiger partial charge in [-0.3, -0.25) is 0 Å². The molecular formula is C16H8F5NO4S. The van der Waals surface area contributed by atoms with Crippen LogP contribution in [0.2, 0.25) is 0 Å². The molecule has 0 aromatic heterocycles. The molecule has 0 aliphatic carbocycles. The van der Waals surface area contributed by atoms with E-state index in [4.69, 9.17) is 11.3 Å². The van der Waals surface area contributed by atoms with Crippen LogP contribution in [0.25, 0.3) is 4.85 Å². The average molecular weight is 405 g/mol. The molecule has 0 saturated heterocycles. The van der Waals surface area contributed by atoms with E-state index in [1.807, 2.05) is 0 Å².